The summed E-state index contributed by atoms with van der Waals surface area (Å²) in [6.45, 7) is 7.91. The van der Waals surface area contributed by atoms with Crippen molar-refractivity contribution in [3.63, 3.8) is 0 Å². The Morgan fingerprint density at radius 3 is 1.79 bits per heavy atom. The molecule has 0 N–H and O–H groups in total. The number of ether oxygens (including phenoxy) is 1. The van der Waals surface area contributed by atoms with Gasteiger partial charge in [-0.3, -0.25) is 24.6 Å². The van der Waals surface area contributed by atoms with E-state index in [1.807, 2.05) is 27.7 Å². The maximum atomic E-state index is 13.5. The van der Waals surface area contributed by atoms with Crippen LogP contribution in [0.2, 0.25) is 0 Å². The van der Waals surface area contributed by atoms with Crippen LogP contribution in [0.5, 0.6) is 0 Å². The van der Waals surface area contributed by atoms with Crippen molar-refractivity contribution in [2.75, 3.05) is 7.11 Å². The van der Waals surface area contributed by atoms with Gasteiger partial charge in [0, 0.05) is 53.4 Å². The number of allylic oxidation sites excluding steroid dienone is 4. The van der Waals surface area contributed by atoms with Crippen LogP contribution in [0, 0.1) is 20.9 Å². The molecule has 1 heterocycles. The summed E-state index contributed by atoms with van der Waals surface area (Å²) in [5.74, 6) is -0.908. The Balaban J connectivity index is 2.01. The van der Waals surface area contributed by atoms with E-state index in [2.05, 4.69) is 0 Å². The average Bonchev–Trinajstić information content (AvgIpc) is 2.70. The number of carbonyl (C=O) groups is 3. The molecule has 174 valence electrons. The van der Waals surface area contributed by atoms with Gasteiger partial charge in [0.2, 0.25) is 0 Å². The Hall–Kier alpha value is -3.29. The first-order valence-corrected chi connectivity index (χ1v) is 11.0. The highest BCUT2D eigenvalue weighted by Crippen LogP contribution is 2.54. The molecule has 0 aromatic heterocycles. The van der Waals surface area contributed by atoms with Gasteiger partial charge in [0.05, 0.1) is 12.0 Å². The Bertz CT molecular complexity index is 1090. The molecular formula is C25H28N2O6. The zero-order valence-electron chi connectivity index (χ0n) is 19.6. The summed E-state index contributed by atoms with van der Waals surface area (Å²) in [7, 11) is 1.29. The number of hydrogen-bond donors (Lipinski definition) is 0. The fourth-order valence-corrected chi connectivity index (χ4v) is 5.40. The van der Waals surface area contributed by atoms with Crippen LogP contribution in [0.4, 0.5) is 10.5 Å². The van der Waals surface area contributed by atoms with Gasteiger partial charge in [-0.25, -0.2) is 4.79 Å². The highest BCUT2D eigenvalue weighted by molar-refractivity contribution is 6.07. The lowest BCUT2D eigenvalue weighted by Gasteiger charge is -2.47. The van der Waals surface area contributed by atoms with E-state index >= 15 is 0 Å². The van der Waals surface area contributed by atoms with Crippen LogP contribution in [-0.2, 0) is 14.3 Å². The molecule has 0 spiro atoms. The van der Waals surface area contributed by atoms with Crippen molar-refractivity contribution >= 4 is 23.3 Å². The number of ketones is 2. The molecule has 1 aromatic rings. The third-order valence-corrected chi connectivity index (χ3v) is 6.70. The van der Waals surface area contributed by atoms with Gasteiger partial charge in [0.1, 0.15) is 0 Å². The number of amides is 1. The van der Waals surface area contributed by atoms with Crippen LogP contribution < -0.4 is 0 Å². The largest absolute Gasteiger partial charge is 0.452 e. The smallest absolute Gasteiger partial charge is 0.418 e. The summed E-state index contributed by atoms with van der Waals surface area (Å²) in [6.07, 6.45) is 0.892. The molecular weight excluding hydrogens is 424 g/mol. The van der Waals surface area contributed by atoms with Gasteiger partial charge >= 0.3 is 6.09 Å². The van der Waals surface area contributed by atoms with Gasteiger partial charge < -0.3 is 4.74 Å². The monoisotopic (exact) mass is 452 g/mol. The maximum Gasteiger partial charge on any atom is 0.418 e. The van der Waals surface area contributed by atoms with Crippen molar-refractivity contribution < 1.29 is 24.0 Å². The van der Waals surface area contributed by atoms with E-state index < -0.39 is 16.9 Å². The van der Waals surface area contributed by atoms with Gasteiger partial charge in [-0.15, -0.1) is 0 Å². The van der Waals surface area contributed by atoms with Crippen LogP contribution in [0.15, 0.2) is 46.8 Å². The first-order chi connectivity index (χ1) is 15.3. The summed E-state index contributed by atoms with van der Waals surface area (Å²) >= 11 is 0. The Morgan fingerprint density at radius 2 is 1.39 bits per heavy atom. The average molecular weight is 453 g/mol. The molecule has 0 saturated carbocycles. The van der Waals surface area contributed by atoms with E-state index in [1.165, 1.54) is 24.1 Å². The minimum Gasteiger partial charge on any atom is -0.452 e. The molecule has 8 nitrogen and oxygen atoms in total. The molecule has 1 aromatic carbocycles. The Labute approximate surface area is 192 Å². The van der Waals surface area contributed by atoms with E-state index in [-0.39, 0.29) is 40.9 Å². The molecule has 0 bridgehead atoms. The van der Waals surface area contributed by atoms with Crippen LogP contribution in [0.1, 0.15) is 64.9 Å². The zero-order chi connectivity index (χ0) is 24.3. The van der Waals surface area contributed by atoms with Crippen LogP contribution in [-0.4, -0.2) is 34.6 Å². The molecule has 0 fully saturated rings. The van der Waals surface area contributed by atoms with Gasteiger partial charge in [0.15, 0.2) is 11.6 Å². The molecule has 1 aliphatic heterocycles. The summed E-state index contributed by atoms with van der Waals surface area (Å²) in [4.78, 5) is 52.1. The molecule has 2 aliphatic carbocycles. The quantitative estimate of drug-likeness (QED) is 0.459. The number of nitro groups is 1. The normalized spacial score (nSPS) is 22.2. The summed E-state index contributed by atoms with van der Waals surface area (Å²) in [5.41, 5.74) is 1.79. The van der Waals surface area contributed by atoms with E-state index in [0.717, 1.165) is 0 Å². The number of rotatable bonds is 2. The van der Waals surface area contributed by atoms with E-state index in [0.29, 0.717) is 40.9 Å². The number of Topliss-reactive ketones (excluding diaryl/α,β-unsaturated/α-hetero) is 2. The lowest BCUT2D eigenvalue weighted by Crippen LogP contribution is -2.46. The van der Waals surface area contributed by atoms with Crippen molar-refractivity contribution in [2.24, 2.45) is 10.8 Å². The van der Waals surface area contributed by atoms with Crippen LogP contribution in [0.25, 0.3) is 0 Å². The van der Waals surface area contributed by atoms with E-state index in [9.17, 15) is 24.5 Å². The molecule has 0 unspecified atom stereocenters. The second kappa shape index (κ2) is 7.64. The maximum absolute atomic E-state index is 13.5. The second-order valence-corrected chi connectivity index (χ2v) is 10.7. The molecule has 33 heavy (non-hydrogen) atoms. The molecule has 0 saturated heterocycles. The number of hydrogen-bond acceptors (Lipinski definition) is 6. The summed E-state index contributed by atoms with van der Waals surface area (Å²) in [5, 5.41) is 11.2. The first kappa shape index (κ1) is 22.9. The predicted octanol–water partition coefficient (Wildman–Crippen LogP) is 5.05. The van der Waals surface area contributed by atoms with Crippen molar-refractivity contribution in [1.29, 1.82) is 0 Å². The van der Waals surface area contributed by atoms with Crippen LogP contribution >= 0.6 is 0 Å². The third kappa shape index (κ3) is 3.87. The topological polar surface area (TPSA) is 107 Å². The first-order valence-electron chi connectivity index (χ1n) is 11.0. The third-order valence-electron chi connectivity index (χ3n) is 6.70. The number of nitrogens with zero attached hydrogens (tertiary/aromatic N) is 2. The number of methoxy groups -OCH3 is 1. The fraction of sp³-hybridized carbons (Fsp3) is 0.480. The van der Waals surface area contributed by atoms with Crippen molar-refractivity contribution in [3.8, 4) is 0 Å². The minimum absolute atomic E-state index is 0.0682. The highest BCUT2D eigenvalue weighted by Gasteiger charge is 2.50. The van der Waals surface area contributed by atoms with E-state index in [4.69, 9.17) is 4.74 Å². The van der Waals surface area contributed by atoms with Crippen molar-refractivity contribution in [2.45, 2.75) is 59.3 Å². The lowest BCUT2D eigenvalue weighted by atomic mass is 9.63. The van der Waals surface area contributed by atoms with Gasteiger partial charge in [-0.1, -0.05) is 39.8 Å². The predicted molar refractivity (Wildman–Crippen MR) is 120 cm³/mol. The molecule has 0 radical (unpaired) electrons. The number of carbonyl (C=O) groups excluding carboxylic acids is 3. The number of benzene rings is 1. The minimum atomic E-state index is -0.663. The van der Waals surface area contributed by atoms with Crippen molar-refractivity contribution in [3.05, 3.63) is 62.5 Å². The highest BCUT2D eigenvalue weighted by atomic mass is 16.6. The summed E-state index contributed by atoms with van der Waals surface area (Å²) < 4.78 is 5.10. The lowest BCUT2D eigenvalue weighted by molar-refractivity contribution is -0.384. The molecule has 1 amide bonds. The van der Waals surface area contributed by atoms with E-state index in [1.54, 1.807) is 12.1 Å². The Kier molecular flexibility index (Phi) is 5.30. The Morgan fingerprint density at radius 1 is 0.939 bits per heavy atom. The molecule has 8 heteroatoms. The van der Waals surface area contributed by atoms with Gasteiger partial charge in [0.25, 0.3) is 5.69 Å². The van der Waals surface area contributed by atoms with Crippen molar-refractivity contribution in [1.82, 2.24) is 4.90 Å². The van der Waals surface area contributed by atoms with Gasteiger partial charge in [-0.2, -0.15) is 0 Å². The fourth-order valence-electron chi connectivity index (χ4n) is 5.40. The SMILES string of the molecule is COC(=O)N1C2=C(C(=O)CC(C)(C)C2)C(c2ccc([N+](=O)[O-])cc2)C2=C1CC(C)(C)CC2=O. The number of nitro benzene ring substituents is 1. The second-order valence-electron chi connectivity index (χ2n) is 10.7. The molecule has 3 aliphatic rings. The van der Waals surface area contributed by atoms with Crippen LogP contribution in [0.3, 0.4) is 0 Å². The molecule has 0 atom stereocenters. The molecule has 4 rings (SSSR count). The standard InChI is InChI=1S/C25H28N2O6/c1-24(2)10-16-21(18(28)12-24)20(14-6-8-15(9-7-14)27(31)32)22-17(26(16)23(30)33-5)11-25(3,4)13-19(22)29/h6-9,20H,10-13H2,1-5H3. The zero-order valence-corrected chi connectivity index (χ0v) is 19.6. The van der Waals surface area contributed by atoms with Gasteiger partial charge in [-0.05, 0) is 29.2 Å². The summed E-state index contributed by atoms with van der Waals surface area (Å²) in [6, 6.07) is 5.98. The number of non-ortho nitro benzene ring substituents is 1.